The van der Waals surface area contributed by atoms with Crippen LogP contribution in [0.1, 0.15) is 33.3 Å². The molecular formula is C13H15BN2O4. The summed E-state index contributed by atoms with van der Waals surface area (Å²) in [6.07, 6.45) is 0. The predicted octanol–water partition coefficient (Wildman–Crippen LogP) is 1.77. The van der Waals surface area contributed by atoms with E-state index in [1.54, 1.807) is 0 Å². The van der Waals surface area contributed by atoms with Crippen LogP contribution in [0, 0.1) is 21.4 Å². The van der Waals surface area contributed by atoms with Crippen LogP contribution in [0.5, 0.6) is 0 Å². The summed E-state index contributed by atoms with van der Waals surface area (Å²) in [5.74, 6) is 0. The van der Waals surface area contributed by atoms with Gasteiger partial charge in [0.05, 0.1) is 27.8 Å². The van der Waals surface area contributed by atoms with Gasteiger partial charge in [-0.1, -0.05) is 0 Å². The molecule has 0 unspecified atom stereocenters. The second-order valence-corrected chi connectivity index (χ2v) is 5.73. The summed E-state index contributed by atoms with van der Waals surface area (Å²) in [5, 5.41) is 20.0. The molecule has 0 atom stereocenters. The first-order valence-electron chi connectivity index (χ1n) is 6.22. The highest BCUT2D eigenvalue weighted by Gasteiger charge is 2.52. The van der Waals surface area contributed by atoms with Gasteiger partial charge < -0.3 is 9.31 Å². The van der Waals surface area contributed by atoms with E-state index >= 15 is 0 Å². The molecule has 1 saturated heterocycles. The molecule has 0 spiro atoms. The van der Waals surface area contributed by atoms with Gasteiger partial charge in [0.2, 0.25) is 0 Å². The van der Waals surface area contributed by atoms with Gasteiger partial charge in [-0.15, -0.1) is 0 Å². The maximum atomic E-state index is 10.9. The number of nitro benzene ring substituents is 1. The Morgan fingerprint density at radius 1 is 1.25 bits per heavy atom. The van der Waals surface area contributed by atoms with Crippen molar-refractivity contribution in [2.75, 3.05) is 0 Å². The number of rotatable bonds is 2. The number of non-ortho nitro benzene ring substituents is 1. The number of nitriles is 1. The molecule has 1 heterocycles. The van der Waals surface area contributed by atoms with Crippen molar-refractivity contribution in [2.24, 2.45) is 0 Å². The van der Waals surface area contributed by atoms with Gasteiger partial charge in [-0.05, 0) is 33.8 Å². The third-order valence-electron chi connectivity index (χ3n) is 3.87. The average molecular weight is 274 g/mol. The van der Waals surface area contributed by atoms with Crippen molar-refractivity contribution in [3.05, 3.63) is 33.9 Å². The van der Waals surface area contributed by atoms with Crippen LogP contribution in [0.25, 0.3) is 0 Å². The smallest absolute Gasteiger partial charge is 0.399 e. The molecule has 0 aromatic heterocycles. The Hall–Kier alpha value is -1.91. The summed E-state index contributed by atoms with van der Waals surface area (Å²) < 4.78 is 11.7. The second-order valence-electron chi connectivity index (χ2n) is 5.73. The normalized spacial score (nSPS) is 19.6. The van der Waals surface area contributed by atoms with Crippen LogP contribution < -0.4 is 5.46 Å². The van der Waals surface area contributed by atoms with Crippen molar-refractivity contribution < 1.29 is 14.2 Å². The summed E-state index contributed by atoms with van der Waals surface area (Å²) in [6.45, 7) is 7.54. The molecule has 1 aliphatic heterocycles. The largest absolute Gasteiger partial charge is 0.496 e. The van der Waals surface area contributed by atoms with Crippen LogP contribution >= 0.6 is 0 Å². The van der Waals surface area contributed by atoms with Crippen LogP contribution in [0.15, 0.2) is 18.2 Å². The summed E-state index contributed by atoms with van der Waals surface area (Å²) in [7, 11) is -0.783. The molecule has 1 aromatic carbocycles. The molecule has 1 aromatic rings. The number of hydrogen-bond acceptors (Lipinski definition) is 5. The van der Waals surface area contributed by atoms with Gasteiger partial charge in [-0.3, -0.25) is 10.1 Å². The lowest BCUT2D eigenvalue weighted by molar-refractivity contribution is -0.384. The molecule has 0 radical (unpaired) electrons. The monoisotopic (exact) mass is 274 g/mol. The molecule has 7 heteroatoms. The highest BCUT2D eigenvalue weighted by atomic mass is 16.7. The van der Waals surface area contributed by atoms with E-state index in [2.05, 4.69) is 0 Å². The molecule has 0 saturated carbocycles. The third-order valence-corrected chi connectivity index (χ3v) is 3.87. The van der Waals surface area contributed by atoms with E-state index in [9.17, 15) is 10.1 Å². The van der Waals surface area contributed by atoms with E-state index in [1.165, 1.54) is 18.2 Å². The van der Waals surface area contributed by atoms with E-state index in [4.69, 9.17) is 14.6 Å². The van der Waals surface area contributed by atoms with Crippen LogP contribution in [-0.2, 0) is 9.31 Å². The lowest BCUT2D eigenvalue weighted by Gasteiger charge is -2.32. The van der Waals surface area contributed by atoms with E-state index < -0.39 is 23.2 Å². The summed E-state index contributed by atoms with van der Waals surface area (Å²) >= 11 is 0. The first-order valence-corrected chi connectivity index (χ1v) is 6.22. The lowest BCUT2D eigenvalue weighted by atomic mass is 9.76. The maximum absolute atomic E-state index is 10.9. The van der Waals surface area contributed by atoms with E-state index in [0.29, 0.717) is 11.0 Å². The molecule has 104 valence electrons. The van der Waals surface area contributed by atoms with Gasteiger partial charge in [0.25, 0.3) is 5.69 Å². The Bertz CT molecular complexity index is 591. The minimum atomic E-state index is -0.783. The molecule has 20 heavy (non-hydrogen) atoms. The van der Waals surface area contributed by atoms with Gasteiger partial charge in [0, 0.05) is 17.6 Å². The highest BCUT2D eigenvalue weighted by molar-refractivity contribution is 6.63. The van der Waals surface area contributed by atoms with E-state index in [0.717, 1.165) is 0 Å². The van der Waals surface area contributed by atoms with Gasteiger partial charge in [0.1, 0.15) is 0 Å². The second kappa shape index (κ2) is 4.58. The van der Waals surface area contributed by atoms with Crippen molar-refractivity contribution in [3.63, 3.8) is 0 Å². The topological polar surface area (TPSA) is 85.4 Å². The first kappa shape index (κ1) is 14.5. The molecular weight excluding hydrogens is 259 g/mol. The summed E-state index contributed by atoms with van der Waals surface area (Å²) in [5.41, 5.74) is -0.507. The fourth-order valence-corrected chi connectivity index (χ4v) is 1.93. The maximum Gasteiger partial charge on any atom is 0.496 e. The first-order chi connectivity index (χ1) is 9.18. The lowest BCUT2D eigenvalue weighted by Crippen LogP contribution is -2.41. The average Bonchev–Trinajstić information content (AvgIpc) is 2.57. The zero-order valence-electron chi connectivity index (χ0n) is 11.8. The Balaban J connectivity index is 2.46. The Morgan fingerprint density at radius 2 is 1.80 bits per heavy atom. The molecule has 0 N–H and O–H groups in total. The number of nitrogens with zero attached hydrogens (tertiary/aromatic N) is 2. The molecule has 0 amide bonds. The summed E-state index contributed by atoms with van der Waals surface area (Å²) in [6, 6.07) is 6.06. The number of nitro groups is 1. The van der Waals surface area contributed by atoms with E-state index in [-0.39, 0.29) is 5.69 Å². The molecule has 6 nitrogen and oxygen atoms in total. The molecule has 0 bridgehead atoms. The Kier molecular flexibility index (Phi) is 3.32. The number of hydrogen-bond donors (Lipinski definition) is 0. The van der Waals surface area contributed by atoms with Crippen molar-refractivity contribution in [1.29, 1.82) is 5.26 Å². The molecule has 0 aliphatic carbocycles. The third kappa shape index (κ3) is 2.28. The van der Waals surface area contributed by atoms with Crippen LogP contribution in [0.2, 0.25) is 0 Å². The van der Waals surface area contributed by atoms with Crippen molar-refractivity contribution in [3.8, 4) is 6.07 Å². The van der Waals surface area contributed by atoms with E-state index in [1.807, 2.05) is 33.8 Å². The van der Waals surface area contributed by atoms with Crippen molar-refractivity contribution >= 4 is 18.3 Å². The Morgan fingerprint density at radius 3 is 2.25 bits per heavy atom. The highest BCUT2D eigenvalue weighted by Crippen LogP contribution is 2.36. The zero-order valence-corrected chi connectivity index (χ0v) is 11.8. The predicted molar refractivity (Wildman–Crippen MR) is 73.5 cm³/mol. The molecule has 1 fully saturated rings. The fourth-order valence-electron chi connectivity index (χ4n) is 1.93. The summed E-state index contributed by atoms with van der Waals surface area (Å²) in [4.78, 5) is 10.4. The van der Waals surface area contributed by atoms with Crippen LogP contribution in [-0.4, -0.2) is 23.2 Å². The molecule has 1 aliphatic rings. The van der Waals surface area contributed by atoms with Crippen molar-refractivity contribution in [2.45, 2.75) is 38.9 Å². The quantitative estimate of drug-likeness (QED) is 0.466. The van der Waals surface area contributed by atoms with Gasteiger partial charge in [-0.25, -0.2) is 0 Å². The van der Waals surface area contributed by atoms with Gasteiger partial charge in [0.15, 0.2) is 0 Å². The van der Waals surface area contributed by atoms with Gasteiger partial charge in [-0.2, -0.15) is 5.26 Å². The Labute approximate surface area is 117 Å². The van der Waals surface area contributed by atoms with Crippen LogP contribution in [0.4, 0.5) is 5.69 Å². The number of benzene rings is 1. The SMILES string of the molecule is CC1(C)OB(c2cc([N+](=O)[O-])ccc2C#N)OC1(C)C. The van der Waals surface area contributed by atoms with Gasteiger partial charge >= 0.3 is 7.12 Å². The minimum absolute atomic E-state index is 0.0892. The zero-order chi connectivity index (χ0) is 15.1. The standard InChI is InChI=1S/C13H15BN2O4/c1-12(2)13(3,4)20-14(19-12)11-7-10(16(17)18)6-5-9(11)8-15/h5-7H,1-4H3. The molecule has 2 rings (SSSR count). The minimum Gasteiger partial charge on any atom is -0.399 e. The van der Waals surface area contributed by atoms with Crippen molar-refractivity contribution in [1.82, 2.24) is 0 Å². The fraction of sp³-hybridized carbons (Fsp3) is 0.462. The van der Waals surface area contributed by atoms with Crippen LogP contribution in [0.3, 0.4) is 0 Å².